The zero-order chi connectivity index (χ0) is 21.6. The molecule has 6 nitrogen and oxygen atoms in total. The second-order valence-corrected chi connectivity index (χ2v) is 9.48. The van der Waals surface area contributed by atoms with Gasteiger partial charge in [0, 0.05) is 43.0 Å². The second kappa shape index (κ2) is 9.80. The molecule has 0 fully saturated rings. The number of sulfone groups is 1. The molecule has 3 rings (SSSR count). The van der Waals surface area contributed by atoms with Crippen LogP contribution in [0.1, 0.15) is 23.6 Å². The van der Waals surface area contributed by atoms with Crippen LogP contribution in [0.25, 0.3) is 10.9 Å². The number of aromatic nitrogens is 1. The van der Waals surface area contributed by atoms with Gasteiger partial charge in [0.05, 0.1) is 4.90 Å². The predicted octanol–water partition coefficient (Wildman–Crippen LogP) is 3.22. The molecule has 1 aromatic heterocycles. The second-order valence-electron chi connectivity index (χ2n) is 7.47. The third kappa shape index (κ3) is 5.86. The Morgan fingerprint density at radius 1 is 1.07 bits per heavy atom. The van der Waals surface area contributed by atoms with Gasteiger partial charge in [0.2, 0.25) is 0 Å². The number of hydrogen-bond acceptors (Lipinski definition) is 3. The van der Waals surface area contributed by atoms with Crippen molar-refractivity contribution in [3.63, 3.8) is 0 Å². The maximum Gasteiger partial charge on any atom is 0.191 e. The van der Waals surface area contributed by atoms with E-state index in [2.05, 4.69) is 46.9 Å². The number of nitrogens with one attached hydrogen (secondary N) is 3. The van der Waals surface area contributed by atoms with Gasteiger partial charge >= 0.3 is 0 Å². The summed E-state index contributed by atoms with van der Waals surface area (Å²) in [5.74, 6) is 0.793. The molecule has 0 saturated carbocycles. The van der Waals surface area contributed by atoms with E-state index in [1.54, 1.807) is 12.1 Å². The Bertz CT molecular complexity index is 1120. The highest BCUT2D eigenvalue weighted by Gasteiger charge is 2.07. The molecule has 30 heavy (non-hydrogen) atoms. The number of aromatic amines is 1. The lowest BCUT2D eigenvalue weighted by molar-refractivity contribution is 0.602. The highest BCUT2D eigenvalue weighted by Crippen LogP contribution is 2.19. The van der Waals surface area contributed by atoms with E-state index in [9.17, 15) is 8.42 Å². The van der Waals surface area contributed by atoms with Crippen LogP contribution in [0.5, 0.6) is 0 Å². The number of hydrogen-bond donors (Lipinski definition) is 3. The van der Waals surface area contributed by atoms with E-state index >= 15 is 0 Å². The lowest BCUT2D eigenvalue weighted by atomic mass is 10.1. The van der Waals surface area contributed by atoms with Crippen molar-refractivity contribution in [2.75, 3.05) is 25.9 Å². The first-order chi connectivity index (χ1) is 14.4. The smallest absolute Gasteiger partial charge is 0.191 e. The maximum atomic E-state index is 11.6. The van der Waals surface area contributed by atoms with Crippen LogP contribution in [0.15, 0.2) is 58.5 Å². The average Bonchev–Trinajstić information content (AvgIpc) is 3.09. The quantitative estimate of drug-likeness (QED) is 0.381. The summed E-state index contributed by atoms with van der Waals surface area (Å²) in [5.41, 5.74) is 4.77. The van der Waals surface area contributed by atoms with Gasteiger partial charge in [-0.3, -0.25) is 4.99 Å². The number of rotatable bonds is 8. The number of benzene rings is 2. The molecule has 0 aliphatic heterocycles. The summed E-state index contributed by atoms with van der Waals surface area (Å²) < 4.78 is 23.1. The van der Waals surface area contributed by atoms with Crippen LogP contribution >= 0.6 is 0 Å². The van der Waals surface area contributed by atoms with Crippen LogP contribution < -0.4 is 10.6 Å². The summed E-state index contributed by atoms with van der Waals surface area (Å²) in [6.45, 7) is 6.35. The number of guanidine groups is 1. The van der Waals surface area contributed by atoms with Gasteiger partial charge in [-0.05, 0) is 61.6 Å². The summed E-state index contributed by atoms with van der Waals surface area (Å²) in [4.78, 5) is 8.38. The Hall–Kier alpha value is -2.80. The molecule has 0 unspecified atom stereocenters. The minimum Gasteiger partial charge on any atom is -0.361 e. The van der Waals surface area contributed by atoms with Crippen LogP contribution in [0.3, 0.4) is 0 Å². The lowest BCUT2D eigenvalue weighted by Crippen LogP contribution is -2.38. The molecule has 0 amide bonds. The SMILES string of the molecule is CCNC(=NCCc1c[nH]c2cc(C)ccc12)NCCc1ccc(S(C)(=O)=O)cc1. The maximum absolute atomic E-state index is 11.6. The fraction of sp³-hybridized carbons (Fsp3) is 0.348. The van der Waals surface area contributed by atoms with Gasteiger partial charge in [0.1, 0.15) is 0 Å². The average molecular weight is 427 g/mol. The number of aryl methyl sites for hydroxylation is 1. The van der Waals surface area contributed by atoms with E-state index < -0.39 is 9.84 Å². The Balaban J connectivity index is 1.54. The van der Waals surface area contributed by atoms with Crippen molar-refractivity contribution >= 4 is 26.7 Å². The molecule has 0 bridgehead atoms. The van der Waals surface area contributed by atoms with E-state index in [-0.39, 0.29) is 0 Å². The first-order valence-corrected chi connectivity index (χ1v) is 12.1. The summed E-state index contributed by atoms with van der Waals surface area (Å²) in [7, 11) is -3.15. The van der Waals surface area contributed by atoms with E-state index in [0.717, 1.165) is 37.5 Å². The van der Waals surface area contributed by atoms with Crippen molar-refractivity contribution < 1.29 is 8.42 Å². The highest BCUT2D eigenvalue weighted by molar-refractivity contribution is 7.90. The highest BCUT2D eigenvalue weighted by atomic mass is 32.2. The van der Waals surface area contributed by atoms with Crippen LogP contribution in [0.2, 0.25) is 0 Å². The molecule has 0 spiro atoms. The topological polar surface area (TPSA) is 86.3 Å². The summed E-state index contributed by atoms with van der Waals surface area (Å²) in [6, 6.07) is 13.5. The molecule has 1 heterocycles. The zero-order valence-corrected chi connectivity index (χ0v) is 18.6. The van der Waals surface area contributed by atoms with Crippen molar-refractivity contribution in [3.8, 4) is 0 Å². The largest absolute Gasteiger partial charge is 0.361 e. The molecule has 160 valence electrons. The molecule has 0 radical (unpaired) electrons. The summed E-state index contributed by atoms with van der Waals surface area (Å²) in [6.07, 6.45) is 4.95. The minimum atomic E-state index is -3.15. The van der Waals surface area contributed by atoms with Crippen molar-refractivity contribution in [1.82, 2.24) is 15.6 Å². The van der Waals surface area contributed by atoms with Crippen LogP contribution in [0.4, 0.5) is 0 Å². The van der Waals surface area contributed by atoms with Crippen LogP contribution in [-0.2, 0) is 22.7 Å². The van der Waals surface area contributed by atoms with E-state index in [4.69, 9.17) is 4.99 Å². The van der Waals surface area contributed by atoms with Gasteiger partial charge in [0.15, 0.2) is 15.8 Å². The van der Waals surface area contributed by atoms with Gasteiger partial charge in [-0.15, -0.1) is 0 Å². The van der Waals surface area contributed by atoms with E-state index in [1.165, 1.54) is 28.3 Å². The van der Waals surface area contributed by atoms with Crippen molar-refractivity contribution in [2.45, 2.75) is 31.6 Å². The normalized spacial score (nSPS) is 12.3. The molecule has 0 aliphatic carbocycles. The molecule has 0 aliphatic rings. The molecule has 3 N–H and O–H groups in total. The Morgan fingerprint density at radius 2 is 1.83 bits per heavy atom. The van der Waals surface area contributed by atoms with Gasteiger partial charge in [-0.25, -0.2) is 8.42 Å². The third-order valence-corrected chi connectivity index (χ3v) is 6.10. The third-order valence-electron chi connectivity index (χ3n) is 4.98. The Morgan fingerprint density at radius 3 is 2.53 bits per heavy atom. The van der Waals surface area contributed by atoms with Crippen molar-refractivity contribution in [1.29, 1.82) is 0 Å². The first kappa shape index (κ1) is 21.9. The molecular weight excluding hydrogens is 396 g/mol. The predicted molar refractivity (Wildman–Crippen MR) is 124 cm³/mol. The van der Waals surface area contributed by atoms with Crippen LogP contribution in [-0.4, -0.2) is 45.3 Å². The monoisotopic (exact) mass is 426 g/mol. The van der Waals surface area contributed by atoms with Gasteiger partial charge in [0.25, 0.3) is 0 Å². The molecule has 7 heteroatoms. The van der Waals surface area contributed by atoms with Gasteiger partial charge in [-0.2, -0.15) is 0 Å². The number of nitrogens with zero attached hydrogens (tertiary/aromatic N) is 1. The molecule has 2 aromatic carbocycles. The number of H-pyrrole nitrogens is 1. The molecule has 0 saturated heterocycles. The minimum absolute atomic E-state index is 0.349. The van der Waals surface area contributed by atoms with Gasteiger partial charge in [-0.1, -0.05) is 24.3 Å². The van der Waals surface area contributed by atoms with Crippen molar-refractivity contribution in [2.24, 2.45) is 4.99 Å². The Kier molecular flexibility index (Phi) is 7.15. The Labute approximate surface area is 178 Å². The number of aliphatic imine (C=N–C) groups is 1. The molecule has 3 aromatic rings. The zero-order valence-electron chi connectivity index (χ0n) is 17.8. The fourth-order valence-corrected chi connectivity index (χ4v) is 4.00. The standard InChI is InChI=1S/C23H30N4O2S/c1-4-24-23(25-13-11-18-6-8-20(9-7-18)30(3,28)29)26-14-12-19-16-27-22-15-17(2)5-10-21(19)22/h5-10,15-16,27H,4,11-14H2,1-3H3,(H2,24,25,26). The van der Waals surface area contributed by atoms with Gasteiger partial charge < -0.3 is 15.6 Å². The first-order valence-electron chi connectivity index (χ1n) is 10.2. The number of fused-ring (bicyclic) bond motifs is 1. The lowest BCUT2D eigenvalue weighted by Gasteiger charge is -2.11. The van der Waals surface area contributed by atoms with Crippen LogP contribution in [0, 0.1) is 6.92 Å². The van der Waals surface area contributed by atoms with E-state index in [0.29, 0.717) is 11.4 Å². The van der Waals surface area contributed by atoms with E-state index in [1.807, 2.05) is 19.1 Å². The summed E-state index contributed by atoms with van der Waals surface area (Å²) >= 11 is 0. The molecular formula is C23H30N4O2S. The van der Waals surface area contributed by atoms with Crippen molar-refractivity contribution in [3.05, 3.63) is 65.4 Å². The molecule has 0 atom stereocenters. The summed E-state index contributed by atoms with van der Waals surface area (Å²) in [5, 5.41) is 7.88. The fourth-order valence-electron chi connectivity index (χ4n) is 3.37.